The van der Waals surface area contributed by atoms with Crippen molar-refractivity contribution in [1.82, 2.24) is 0 Å². The topological polar surface area (TPSA) is 0 Å². The summed E-state index contributed by atoms with van der Waals surface area (Å²) in [4.78, 5) is 0. The lowest BCUT2D eigenvalue weighted by Crippen LogP contribution is -2.28. The van der Waals surface area contributed by atoms with E-state index in [1.54, 1.807) is 0 Å². The van der Waals surface area contributed by atoms with E-state index in [4.69, 9.17) is 0 Å². The van der Waals surface area contributed by atoms with Gasteiger partial charge in [0.25, 0.3) is 0 Å². The van der Waals surface area contributed by atoms with Crippen molar-refractivity contribution >= 4 is 0 Å². The Balaban J connectivity index is 0.000000204. The van der Waals surface area contributed by atoms with Gasteiger partial charge < -0.3 is 0 Å². The normalized spacial score (nSPS) is 12.2. The van der Waals surface area contributed by atoms with Gasteiger partial charge >= 0.3 is 0 Å². The van der Waals surface area contributed by atoms with Gasteiger partial charge in [-0.2, -0.15) is 0 Å². The Labute approximate surface area is 688 Å². The molecule has 0 fully saturated rings. The molecule has 0 spiro atoms. The van der Waals surface area contributed by atoms with Crippen molar-refractivity contribution in [1.29, 1.82) is 0 Å². The highest BCUT2D eigenvalue weighted by molar-refractivity contribution is 5.50. The predicted octanol–water partition coefficient (Wildman–Crippen LogP) is 32.7. The minimum absolute atomic E-state index is 0.0796. The first-order chi connectivity index (χ1) is 54.4. The van der Waals surface area contributed by atoms with Crippen LogP contribution in [0.15, 0.2) is 394 Å². The summed E-state index contributed by atoms with van der Waals surface area (Å²) in [6.07, 6.45) is 5.77. The molecule has 0 aromatic heterocycles. The molecule has 13 aromatic carbocycles. The summed E-state index contributed by atoms with van der Waals surface area (Å²) in [7, 11) is 0. The minimum Gasteiger partial charge on any atom is -0.0646 e. The number of benzene rings is 13. The van der Waals surface area contributed by atoms with E-state index in [2.05, 4.69) is 520 Å². The van der Waals surface area contributed by atoms with Crippen molar-refractivity contribution in [3.8, 4) is 0 Å². The zero-order valence-corrected chi connectivity index (χ0v) is 72.5. The van der Waals surface area contributed by atoms with Crippen LogP contribution in [-0.2, 0) is 21.7 Å². The molecule has 113 heavy (non-hydrogen) atoms. The number of hydrogen-bond donors (Lipinski definition) is 0. The summed E-state index contributed by atoms with van der Waals surface area (Å²) in [6.45, 7) is 43.3. The van der Waals surface area contributed by atoms with Crippen LogP contribution >= 0.6 is 0 Å². The molecule has 0 nitrogen and oxygen atoms in total. The van der Waals surface area contributed by atoms with Crippen molar-refractivity contribution < 1.29 is 0 Å². The Hall–Kier alpha value is -10.1. The van der Waals surface area contributed by atoms with Crippen LogP contribution in [0.2, 0.25) is 0 Å². The molecule has 0 amide bonds. The Bertz CT molecular complexity index is 4260. The highest BCUT2D eigenvalue weighted by Gasteiger charge is 2.34. The van der Waals surface area contributed by atoms with Gasteiger partial charge in [-0.1, -0.05) is 526 Å². The molecule has 3 unspecified atom stereocenters. The second-order valence-corrected chi connectivity index (χ2v) is 32.9. The third-order valence-electron chi connectivity index (χ3n) is 24.2. The van der Waals surface area contributed by atoms with Gasteiger partial charge in [0.1, 0.15) is 0 Å². The average Bonchev–Trinajstić information content (AvgIpc) is 0.757. The summed E-state index contributed by atoms with van der Waals surface area (Å²) in [5.41, 5.74) is 19.3. The zero-order valence-electron chi connectivity index (χ0n) is 72.5. The van der Waals surface area contributed by atoms with E-state index in [0.29, 0.717) is 51.8 Å². The van der Waals surface area contributed by atoms with Crippen LogP contribution in [0, 0.1) is 11.3 Å². The van der Waals surface area contributed by atoms with Gasteiger partial charge in [0.15, 0.2) is 0 Å². The molecule has 0 radical (unpaired) electrons. The van der Waals surface area contributed by atoms with Crippen LogP contribution < -0.4 is 0 Å². The average molecular weight is 1500 g/mol. The molecule has 13 rings (SSSR count). The van der Waals surface area contributed by atoms with Crippen LogP contribution in [0.4, 0.5) is 0 Å². The Morgan fingerprint density at radius 2 is 0.442 bits per heavy atom. The van der Waals surface area contributed by atoms with Gasteiger partial charge in [-0.05, 0) is 150 Å². The predicted molar refractivity (Wildman–Crippen MR) is 497 cm³/mol. The van der Waals surface area contributed by atoms with Gasteiger partial charge in [-0.3, -0.25) is 0 Å². The maximum Gasteiger partial charge on any atom is 0.0448 e. The molecule has 590 valence electrons. The van der Waals surface area contributed by atoms with Crippen LogP contribution in [0.25, 0.3) is 0 Å². The first-order valence-corrected chi connectivity index (χ1v) is 42.1. The summed E-state index contributed by atoms with van der Waals surface area (Å²) in [6, 6.07) is 139. The van der Waals surface area contributed by atoms with E-state index in [1.165, 1.54) is 91.6 Å². The van der Waals surface area contributed by atoms with Crippen molar-refractivity contribution in [2.45, 2.75) is 215 Å². The standard InChI is InChI=1S/C21H20.C18H22.C16H18.C14H14.2C12H18.C11H16.C9H12/c1-2-21(18-12-6-3-7-13-18,19-14-8-4-9-15-19)20-16-10-5-11-17-20;1-14(15(2)17-10-6-4-7-11-17)16(3)18-12-8-5-9-13-18;1-3-16(2,14-10-6-4-7-11-14)15-12-8-5-9-13-15;1-12(13-8-4-2-5-9-13)14-10-6-3-7-11-14;1-10(12(2,3)4)11-8-6-5-7-9-11;1-4-12(3,5-2)11-9-7-6-8-10-11;1-4-11(2,3)10-8-6-5-7-9-10;1-8(2)9-6-4-3-5-7-9/h3-17H,2H2,1H3;4-16H,1-3H3;4-13H,3H2,1-2H3;2-12H,1H3;5-10H,1-4H3;6-10H,4-5H2,1-3H3;5-9H,4H2,1-3H3;3-8H,1-2H3. The molecule has 0 heteroatoms. The zero-order chi connectivity index (χ0) is 82.0. The fourth-order valence-electron chi connectivity index (χ4n) is 14.4. The van der Waals surface area contributed by atoms with E-state index in [1.807, 2.05) is 6.07 Å². The molecule has 3 atom stereocenters. The maximum atomic E-state index is 2.36. The smallest absolute Gasteiger partial charge is 0.0448 e. The Kier molecular flexibility index (Phi) is 39.0. The van der Waals surface area contributed by atoms with E-state index >= 15 is 0 Å². The van der Waals surface area contributed by atoms with Crippen LogP contribution in [0.1, 0.15) is 266 Å². The van der Waals surface area contributed by atoms with Crippen LogP contribution in [0.5, 0.6) is 0 Å². The van der Waals surface area contributed by atoms with E-state index < -0.39 is 0 Å². The summed E-state index contributed by atoms with van der Waals surface area (Å²) < 4.78 is 0. The fourth-order valence-corrected chi connectivity index (χ4v) is 14.4. The third-order valence-corrected chi connectivity index (χ3v) is 24.2. The molecular weight excluding hydrogens is 1360 g/mol. The first kappa shape index (κ1) is 91.7. The SMILES string of the molecule is CC(C)c1ccccc1.CC(c1ccccc1)C(C)(C)C.CC(c1ccccc1)C(C)C(C)c1ccccc1.CC(c1ccccc1)c1ccccc1.CCC(C)(C)c1ccccc1.CCC(C)(CC)c1ccccc1.CCC(C)(c1ccccc1)c1ccccc1.CCC(c1ccccc1)(c1ccccc1)c1ccccc1. The van der Waals surface area contributed by atoms with E-state index in [9.17, 15) is 0 Å². The minimum atomic E-state index is -0.0796. The van der Waals surface area contributed by atoms with Gasteiger partial charge in [-0.15, -0.1) is 0 Å². The fraction of sp³-hybridized carbons (Fsp3) is 0.310. The Morgan fingerprint density at radius 3 is 0.673 bits per heavy atom. The van der Waals surface area contributed by atoms with E-state index in [-0.39, 0.29) is 10.8 Å². The molecule has 0 N–H and O–H groups in total. The van der Waals surface area contributed by atoms with Crippen LogP contribution in [0.3, 0.4) is 0 Å². The molecule has 0 saturated carbocycles. The van der Waals surface area contributed by atoms with Crippen molar-refractivity contribution in [3.63, 3.8) is 0 Å². The summed E-state index contributed by atoms with van der Waals surface area (Å²) in [5.74, 6) is 3.57. The Morgan fingerprint density at radius 1 is 0.212 bits per heavy atom. The largest absolute Gasteiger partial charge is 0.0646 e. The van der Waals surface area contributed by atoms with Gasteiger partial charge in [0.2, 0.25) is 0 Å². The molecular formula is C113H138. The third kappa shape index (κ3) is 28.5. The maximum absolute atomic E-state index is 2.36. The molecule has 13 aromatic rings. The highest BCUT2D eigenvalue weighted by atomic mass is 14.4. The highest BCUT2D eigenvalue weighted by Crippen LogP contribution is 2.43. The molecule has 0 bridgehead atoms. The number of hydrogen-bond acceptors (Lipinski definition) is 0. The number of rotatable bonds is 20. The van der Waals surface area contributed by atoms with Crippen molar-refractivity contribution in [2.24, 2.45) is 11.3 Å². The van der Waals surface area contributed by atoms with Gasteiger partial charge in [0, 0.05) is 16.7 Å². The lowest BCUT2D eigenvalue weighted by molar-refractivity contribution is 0.339. The van der Waals surface area contributed by atoms with Gasteiger partial charge in [0.05, 0.1) is 0 Å². The molecule has 0 aliphatic carbocycles. The van der Waals surface area contributed by atoms with Crippen LogP contribution in [-0.4, -0.2) is 0 Å². The summed E-state index contributed by atoms with van der Waals surface area (Å²) >= 11 is 0. The second kappa shape index (κ2) is 48.0. The van der Waals surface area contributed by atoms with Crippen molar-refractivity contribution in [3.05, 3.63) is 467 Å². The quantitative estimate of drug-likeness (QED) is 0.0667. The second-order valence-electron chi connectivity index (χ2n) is 32.9. The van der Waals surface area contributed by atoms with E-state index in [0.717, 1.165) is 12.8 Å². The van der Waals surface area contributed by atoms with Crippen molar-refractivity contribution in [2.75, 3.05) is 0 Å². The molecule has 0 aliphatic rings. The molecule has 0 aliphatic heterocycles. The monoisotopic (exact) mass is 1500 g/mol. The molecule has 0 heterocycles. The lowest BCUT2D eigenvalue weighted by atomic mass is 9.68. The molecule has 0 saturated heterocycles. The van der Waals surface area contributed by atoms with Gasteiger partial charge in [-0.25, -0.2) is 0 Å². The lowest BCUT2D eigenvalue weighted by Gasteiger charge is -2.35. The first-order valence-electron chi connectivity index (χ1n) is 42.1. The summed E-state index contributed by atoms with van der Waals surface area (Å²) in [5, 5.41) is 0.